The number of benzene rings is 5. The fraction of sp³-hybridized carbons (Fsp3) is 0.244. The maximum absolute atomic E-state index is 5.70. The highest BCUT2D eigenvalue weighted by atomic mass is 31.1. The minimum Gasteiger partial charge on any atom is -0.295 e. The number of nitrogens with zero attached hydrogens (tertiary/aromatic N) is 2. The Morgan fingerprint density at radius 2 is 1.05 bits per heavy atom. The number of rotatable bonds is 6. The smallest absolute Gasteiger partial charge is 0.144 e. The van der Waals surface area contributed by atoms with Crippen LogP contribution in [-0.4, -0.2) is 5.84 Å². The average Bonchev–Trinajstić information content (AvgIpc) is 3.00. The minimum absolute atomic E-state index is 0.0634. The van der Waals surface area contributed by atoms with Gasteiger partial charge in [-0.3, -0.25) is 4.67 Å². The average molecular weight is 597 g/mol. The summed E-state index contributed by atoms with van der Waals surface area (Å²) in [6.07, 6.45) is 0. The first-order chi connectivity index (χ1) is 20.9. The number of amidine groups is 1. The third-order valence-corrected chi connectivity index (χ3v) is 10.3. The Labute approximate surface area is 266 Å². The lowest BCUT2D eigenvalue weighted by Crippen LogP contribution is -2.36. The van der Waals surface area contributed by atoms with Gasteiger partial charge in [0.25, 0.3) is 0 Å². The van der Waals surface area contributed by atoms with Crippen molar-refractivity contribution in [3.8, 4) is 0 Å². The van der Waals surface area contributed by atoms with Gasteiger partial charge in [0.05, 0.1) is 19.4 Å². The molecular formula is C41H45N2P. The van der Waals surface area contributed by atoms with Gasteiger partial charge < -0.3 is 0 Å². The molecule has 2 nitrogen and oxygen atoms in total. The first kappa shape index (κ1) is 31.4. The molecule has 0 heterocycles. The summed E-state index contributed by atoms with van der Waals surface area (Å²) in [5, 5.41) is 2.56. The summed E-state index contributed by atoms with van der Waals surface area (Å²) in [7, 11) is -1.07. The van der Waals surface area contributed by atoms with Crippen LogP contribution < -0.4 is 15.3 Å². The highest BCUT2D eigenvalue weighted by Gasteiger charge is 2.33. The standard InChI is InChI=1S/C41H45N2P/c1-30-26-28-32(29-27-30)39(42-37-25-16-15-23-35(37)40(3,4)5)43(38-31(2)18-17-24-36(38)41(6,7)8)44(33-19-11-9-12-20-33)34-21-13-10-14-22-34/h9-29H,1-8H3. The van der Waals surface area contributed by atoms with Crippen molar-refractivity contribution in [2.24, 2.45) is 4.99 Å². The number of para-hydroxylation sites is 2. The fourth-order valence-corrected chi connectivity index (χ4v) is 8.10. The Morgan fingerprint density at radius 3 is 1.59 bits per heavy atom. The minimum atomic E-state index is -1.07. The molecular weight excluding hydrogens is 551 g/mol. The van der Waals surface area contributed by atoms with Gasteiger partial charge >= 0.3 is 0 Å². The van der Waals surface area contributed by atoms with Gasteiger partial charge in [-0.05, 0) is 47.4 Å². The summed E-state index contributed by atoms with van der Waals surface area (Å²) in [6.45, 7) is 18.1. The van der Waals surface area contributed by atoms with Crippen LogP contribution in [0.5, 0.6) is 0 Å². The van der Waals surface area contributed by atoms with Gasteiger partial charge in [0.15, 0.2) is 0 Å². The van der Waals surface area contributed by atoms with Crippen LogP contribution in [0.4, 0.5) is 11.4 Å². The molecule has 0 unspecified atom stereocenters. The Morgan fingerprint density at radius 1 is 0.545 bits per heavy atom. The number of aliphatic imine (C=N–C) groups is 1. The number of anilines is 1. The van der Waals surface area contributed by atoms with Gasteiger partial charge in [-0.1, -0.05) is 168 Å². The zero-order valence-corrected chi connectivity index (χ0v) is 28.4. The second-order valence-electron chi connectivity index (χ2n) is 13.6. The van der Waals surface area contributed by atoms with Crippen LogP contribution >= 0.6 is 8.07 Å². The fourth-order valence-electron chi connectivity index (χ4n) is 5.62. The van der Waals surface area contributed by atoms with Crippen LogP contribution in [0.2, 0.25) is 0 Å². The molecule has 0 N–H and O–H groups in total. The summed E-state index contributed by atoms with van der Waals surface area (Å²) < 4.78 is 2.58. The third-order valence-electron chi connectivity index (χ3n) is 7.91. The predicted octanol–water partition coefficient (Wildman–Crippen LogP) is 10.5. The van der Waals surface area contributed by atoms with Crippen molar-refractivity contribution in [3.05, 3.63) is 155 Å². The summed E-state index contributed by atoms with van der Waals surface area (Å²) in [5.74, 6) is 0.959. The SMILES string of the molecule is Cc1ccc(C(=Nc2ccccc2C(C)(C)C)N(c2c(C)cccc2C(C)(C)C)P(c2ccccc2)c2ccccc2)cc1. The molecule has 0 aliphatic carbocycles. The molecule has 0 radical (unpaired) electrons. The highest BCUT2D eigenvalue weighted by Crippen LogP contribution is 2.49. The van der Waals surface area contributed by atoms with Crippen LogP contribution in [-0.2, 0) is 10.8 Å². The topological polar surface area (TPSA) is 15.6 Å². The van der Waals surface area contributed by atoms with Gasteiger partial charge in [-0.25, -0.2) is 4.99 Å². The summed E-state index contributed by atoms with van der Waals surface area (Å²) >= 11 is 0. The molecule has 0 amide bonds. The molecule has 5 aromatic carbocycles. The van der Waals surface area contributed by atoms with E-state index in [9.17, 15) is 0 Å². The molecule has 44 heavy (non-hydrogen) atoms. The van der Waals surface area contributed by atoms with Gasteiger partial charge in [0, 0.05) is 16.2 Å². The quantitative estimate of drug-likeness (QED) is 0.108. The van der Waals surface area contributed by atoms with E-state index in [2.05, 4.69) is 187 Å². The monoisotopic (exact) mass is 596 g/mol. The zero-order chi connectivity index (χ0) is 31.5. The molecule has 0 spiro atoms. The lowest BCUT2D eigenvalue weighted by molar-refractivity contribution is 0.591. The molecule has 0 atom stereocenters. The largest absolute Gasteiger partial charge is 0.295 e. The lowest BCUT2D eigenvalue weighted by atomic mass is 9.84. The number of aryl methyl sites for hydroxylation is 2. The van der Waals surface area contributed by atoms with Crippen molar-refractivity contribution >= 4 is 35.9 Å². The maximum atomic E-state index is 5.70. The molecule has 0 aliphatic heterocycles. The van der Waals surface area contributed by atoms with E-state index in [0.717, 1.165) is 17.1 Å². The van der Waals surface area contributed by atoms with Crippen LogP contribution in [0.15, 0.2) is 132 Å². The molecule has 0 saturated heterocycles. The molecule has 5 rings (SSSR count). The van der Waals surface area contributed by atoms with Gasteiger partial charge in [0.1, 0.15) is 5.84 Å². The van der Waals surface area contributed by atoms with E-state index in [1.807, 2.05) is 0 Å². The van der Waals surface area contributed by atoms with Crippen LogP contribution in [0.3, 0.4) is 0 Å². The Hall–Kier alpha value is -4.00. The van der Waals surface area contributed by atoms with Crippen molar-refractivity contribution in [1.82, 2.24) is 0 Å². The van der Waals surface area contributed by atoms with E-state index >= 15 is 0 Å². The normalized spacial score (nSPS) is 12.4. The first-order valence-electron chi connectivity index (χ1n) is 15.5. The molecule has 0 aliphatic rings. The second kappa shape index (κ2) is 12.9. The second-order valence-corrected chi connectivity index (χ2v) is 15.6. The predicted molar refractivity (Wildman–Crippen MR) is 194 cm³/mol. The van der Waals surface area contributed by atoms with Crippen LogP contribution in [0, 0.1) is 13.8 Å². The van der Waals surface area contributed by atoms with Gasteiger partial charge in [0.2, 0.25) is 0 Å². The summed E-state index contributed by atoms with van der Waals surface area (Å²) in [6, 6.07) is 46.2. The van der Waals surface area contributed by atoms with Crippen molar-refractivity contribution in [3.63, 3.8) is 0 Å². The van der Waals surface area contributed by atoms with Gasteiger partial charge in [-0.2, -0.15) is 0 Å². The molecule has 3 heteroatoms. The first-order valence-corrected chi connectivity index (χ1v) is 16.8. The molecule has 0 saturated carbocycles. The van der Waals surface area contributed by atoms with E-state index in [1.165, 1.54) is 38.6 Å². The molecule has 5 aromatic rings. The van der Waals surface area contributed by atoms with Crippen molar-refractivity contribution in [1.29, 1.82) is 0 Å². The lowest BCUT2D eigenvalue weighted by Gasteiger charge is -2.39. The van der Waals surface area contributed by atoms with E-state index in [1.54, 1.807) is 0 Å². The Balaban J connectivity index is 1.95. The van der Waals surface area contributed by atoms with Crippen molar-refractivity contribution in [2.45, 2.75) is 66.2 Å². The van der Waals surface area contributed by atoms with E-state index in [4.69, 9.17) is 4.99 Å². The maximum Gasteiger partial charge on any atom is 0.144 e. The summed E-state index contributed by atoms with van der Waals surface area (Å²) in [5.41, 5.74) is 8.18. The van der Waals surface area contributed by atoms with Crippen LogP contribution in [0.25, 0.3) is 0 Å². The van der Waals surface area contributed by atoms with Gasteiger partial charge in [-0.15, -0.1) is 0 Å². The molecule has 0 aromatic heterocycles. The van der Waals surface area contributed by atoms with E-state index in [-0.39, 0.29) is 10.8 Å². The zero-order valence-electron chi connectivity index (χ0n) is 27.5. The van der Waals surface area contributed by atoms with Crippen LogP contribution in [0.1, 0.15) is 69.4 Å². The Bertz CT molecular complexity index is 1680. The molecule has 224 valence electrons. The number of hydrogen-bond donors (Lipinski definition) is 0. The summed E-state index contributed by atoms with van der Waals surface area (Å²) in [4.78, 5) is 5.70. The molecule has 0 fully saturated rings. The van der Waals surface area contributed by atoms with Crippen molar-refractivity contribution in [2.75, 3.05) is 4.67 Å². The molecule has 0 bridgehead atoms. The van der Waals surface area contributed by atoms with Crippen molar-refractivity contribution < 1.29 is 0 Å². The Kier molecular flexibility index (Phi) is 9.23. The van der Waals surface area contributed by atoms with E-state index in [0.29, 0.717) is 0 Å². The highest BCUT2D eigenvalue weighted by molar-refractivity contribution is 7.75. The number of hydrogen-bond acceptors (Lipinski definition) is 1. The van der Waals surface area contributed by atoms with E-state index < -0.39 is 8.07 Å². The third kappa shape index (κ3) is 6.87.